The van der Waals surface area contributed by atoms with Crippen molar-refractivity contribution >= 4 is 9.84 Å². The summed E-state index contributed by atoms with van der Waals surface area (Å²) in [6.45, 7) is 0. The zero-order chi connectivity index (χ0) is 14.2. The van der Waals surface area contributed by atoms with Gasteiger partial charge in [-0.3, -0.25) is 0 Å². The number of sulfone groups is 1. The zero-order valence-corrected chi connectivity index (χ0v) is 11.4. The van der Waals surface area contributed by atoms with Crippen LogP contribution in [0.25, 0.3) is 0 Å². The summed E-state index contributed by atoms with van der Waals surface area (Å²) in [5.74, 6) is -0.230. The minimum Gasteiger partial charge on any atom is -0.489 e. The van der Waals surface area contributed by atoms with Crippen molar-refractivity contribution in [2.45, 2.75) is 17.4 Å². The lowest BCUT2D eigenvalue weighted by atomic mass is 10.1. The van der Waals surface area contributed by atoms with Gasteiger partial charge in [-0.25, -0.2) is 12.8 Å². The van der Waals surface area contributed by atoms with Crippen molar-refractivity contribution in [2.75, 3.05) is 5.75 Å². The molecule has 3 nitrogen and oxygen atoms in total. The molecule has 0 fully saturated rings. The van der Waals surface area contributed by atoms with Crippen LogP contribution in [0.15, 0.2) is 53.4 Å². The Labute approximate surface area is 116 Å². The number of fused-ring (bicyclic) bond motifs is 1. The summed E-state index contributed by atoms with van der Waals surface area (Å²) in [5, 5.41) is 0. The first kappa shape index (κ1) is 13.1. The molecule has 3 rings (SSSR count). The number of halogens is 1. The average Bonchev–Trinajstić information content (AvgIpc) is 2.80. The third kappa shape index (κ3) is 2.41. The van der Waals surface area contributed by atoms with Crippen molar-refractivity contribution in [2.24, 2.45) is 0 Å². The van der Waals surface area contributed by atoms with Crippen molar-refractivity contribution in [3.63, 3.8) is 0 Å². The summed E-state index contributed by atoms with van der Waals surface area (Å²) in [6, 6.07) is 12.9. The fourth-order valence-corrected chi connectivity index (χ4v) is 3.88. The van der Waals surface area contributed by atoms with E-state index in [-0.39, 0.29) is 10.6 Å². The van der Waals surface area contributed by atoms with Crippen LogP contribution in [0.2, 0.25) is 0 Å². The van der Waals surface area contributed by atoms with E-state index in [9.17, 15) is 12.8 Å². The van der Waals surface area contributed by atoms with Gasteiger partial charge in [0, 0.05) is 6.42 Å². The van der Waals surface area contributed by atoms with E-state index in [1.54, 1.807) is 0 Å². The Balaban J connectivity index is 1.81. The fraction of sp³-hybridized carbons (Fsp3) is 0.200. The maximum atomic E-state index is 13.6. The molecule has 2 aromatic rings. The lowest BCUT2D eigenvalue weighted by molar-refractivity contribution is 0.256. The van der Waals surface area contributed by atoms with E-state index in [1.165, 1.54) is 18.2 Å². The molecular formula is C15H13FO3S. The number of benzene rings is 2. The van der Waals surface area contributed by atoms with Gasteiger partial charge in [-0.05, 0) is 23.8 Å². The molecule has 0 saturated carbocycles. The summed E-state index contributed by atoms with van der Waals surface area (Å²) in [7, 11) is -3.69. The third-order valence-corrected chi connectivity index (χ3v) is 5.10. The average molecular weight is 292 g/mol. The zero-order valence-electron chi connectivity index (χ0n) is 10.6. The van der Waals surface area contributed by atoms with Crippen LogP contribution in [0.1, 0.15) is 5.56 Å². The second-order valence-electron chi connectivity index (χ2n) is 4.76. The highest BCUT2D eigenvalue weighted by atomic mass is 32.2. The van der Waals surface area contributed by atoms with Crippen LogP contribution in [-0.4, -0.2) is 20.3 Å². The van der Waals surface area contributed by atoms with Gasteiger partial charge in [0.25, 0.3) is 0 Å². The molecule has 104 valence electrons. The van der Waals surface area contributed by atoms with E-state index in [0.717, 1.165) is 11.6 Å². The highest BCUT2D eigenvalue weighted by molar-refractivity contribution is 7.91. The maximum absolute atomic E-state index is 13.6. The van der Waals surface area contributed by atoms with Crippen LogP contribution >= 0.6 is 0 Å². The highest BCUT2D eigenvalue weighted by Crippen LogP contribution is 2.29. The van der Waals surface area contributed by atoms with Crippen molar-refractivity contribution in [1.29, 1.82) is 0 Å². The Morgan fingerprint density at radius 1 is 1.10 bits per heavy atom. The fourth-order valence-electron chi connectivity index (χ4n) is 2.38. The Bertz CT molecular complexity index is 715. The minimum absolute atomic E-state index is 0.220. The minimum atomic E-state index is -3.69. The van der Waals surface area contributed by atoms with E-state index in [4.69, 9.17) is 4.74 Å². The van der Waals surface area contributed by atoms with Gasteiger partial charge in [-0.15, -0.1) is 0 Å². The van der Waals surface area contributed by atoms with Crippen LogP contribution in [0.4, 0.5) is 4.39 Å². The number of rotatable bonds is 3. The Morgan fingerprint density at radius 3 is 2.55 bits per heavy atom. The lowest BCUT2D eigenvalue weighted by Gasteiger charge is -2.11. The number of hydrogen-bond acceptors (Lipinski definition) is 3. The monoisotopic (exact) mass is 292 g/mol. The van der Waals surface area contributed by atoms with Gasteiger partial charge in [-0.2, -0.15) is 0 Å². The SMILES string of the molecule is O=S(=O)(CC1Cc2ccccc2O1)c1ccccc1F. The predicted molar refractivity (Wildman–Crippen MR) is 73.0 cm³/mol. The summed E-state index contributed by atoms with van der Waals surface area (Å²) >= 11 is 0. The molecule has 0 radical (unpaired) electrons. The van der Waals surface area contributed by atoms with Crippen LogP contribution < -0.4 is 4.74 Å². The topological polar surface area (TPSA) is 43.4 Å². The van der Waals surface area contributed by atoms with Gasteiger partial charge in [0.1, 0.15) is 22.6 Å². The smallest absolute Gasteiger partial charge is 0.184 e. The Kier molecular flexibility index (Phi) is 3.22. The van der Waals surface area contributed by atoms with Gasteiger partial charge in [0.15, 0.2) is 9.84 Å². The molecule has 5 heteroatoms. The van der Waals surface area contributed by atoms with Crippen molar-refractivity contribution in [3.8, 4) is 5.75 Å². The first-order valence-corrected chi connectivity index (χ1v) is 7.93. The van der Waals surface area contributed by atoms with Crippen molar-refractivity contribution in [3.05, 3.63) is 59.9 Å². The van der Waals surface area contributed by atoms with Gasteiger partial charge in [0.2, 0.25) is 0 Å². The van der Waals surface area contributed by atoms with Crippen LogP contribution in [-0.2, 0) is 16.3 Å². The number of ether oxygens (including phenoxy) is 1. The van der Waals surface area contributed by atoms with E-state index in [2.05, 4.69) is 0 Å². The lowest BCUT2D eigenvalue weighted by Crippen LogP contribution is -2.25. The molecule has 20 heavy (non-hydrogen) atoms. The molecule has 1 aliphatic heterocycles. The van der Waals surface area contributed by atoms with Crippen molar-refractivity contribution in [1.82, 2.24) is 0 Å². The second-order valence-corrected chi connectivity index (χ2v) is 6.77. The van der Waals surface area contributed by atoms with Gasteiger partial charge in [-0.1, -0.05) is 30.3 Å². The van der Waals surface area contributed by atoms with E-state index in [0.29, 0.717) is 12.2 Å². The van der Waals surface area contributed by atoms with Gasteiger partial charge >= 0.3 is 0 Å². The highest BCUT2D eigenvalue weighted by Gasteiger charge is 2.29. The molecule has 1 aliphatic rings. The van der Waals surface area contributed by atoms with E-state index in [1.807, 2.05) is 24.3 Å². The number of hydrogen-bond donors (Lipinski definition) is 0. The van der Waals surface area contributed by atoms with Gasteiger partial charge in [0.05, 0.1) is 5.75 Å². The molecule has 2 aromatic carbocycles. The van der Waals surface area contributed by atoms with Crippen LogP contribution in [0, 0.1) is 5.82 Å². The Hall–Kier alpha value is -1.88. The molecular weight excluding hydrogens is 279 g/mol. The molecule has 0 aromatic heterocycles. The maximum Gasteiger partial charge on any atom is 0.184 e. The van der Waals surface area contributed by atoms with Crippen LogP contribution in [0.3, 0.4) is 0 Å². The van der Waals surface area contributed by atoms with Gasteiger partial charge < -0.3 is 4.74 Å². The Morgan fingerprint density at radius 2 is 1.80 bits per heavy atom. The molecule has 0 bridgehead atoms. The molecule has 0 saturated heterocycles. The normalized spacial score (nSPS) is 17.6. The molecule has 0 N–H and O–H groups in total. The van der Waals surface area contributed by atoms with E-state index < -0.39 is 21.8 Å². The summed E-state index contributed by atoms with van der Waals surface area (Å²) < 4.78 is 43.7. The third-order valence-electron chi connectivity index (χ3n) is 3.29. The molecule has 0 amide bonds. The summed E-state index contributed by atoms with van der Waals surface area (Å²) in [6.07, 6.45) is 0.0705. The first-order valence-electron chi connectivity index (χ1n) is 6.28. The predicted octanol–water partition coefficient (Wildman–Crippen LogP) is 2.60. The molecule has 1 unspecified atom stereocenters. The van der Waals surface area contributed by atoms with Crippen molar-refractivity contribution < 1.29 is 17.5 Å². The standard InChI is InChI=1S/C15H13FO3S/c16-13-6-2-4-8-15(13)20(17,18)10-12-9-11-5-1-3-7-14(11)19-12/h1-8,12H,9-10H2. The molecule has 1 atom stereocenters. The second kappa shape index (κ2) is 4.90. The molecule has 0 spiro atoms. The first-order chi connectivity index (χ1) is 9.56. The molecule has 0 aliphatic carbocycles. The van der Waals surface area contributed by atoms with E-state index >= 15 is 0 Å². The largest absolute Gasteiger partial charge is 0.489 e. The van der Waals surface area contributed by atoms with Crippen LogP contribution in [0.5, 0.6) is 5.75 Å². The summed E-state index contributed by atoms with van der Waals surface area (Å²) in [4.78, 5) is -0.264. The summed E-state index contributed by atoms with van der Waals surface area (Å²) in [5.41, 5.74) is 0.987. The molecule has 1 heterocycles. The quantitative estimate of drug-likeness (QED) is 0.873. The number of para-hydroxylation sites is 1.